The summed E-state index contributed by atoms with van der Waals surface area (Å²) in [5.41, 5.74) is 1.21. The Labute approximate surface area is 172 Å². The number of hydrogen-bond acceptors (Lipinski definition) is 4. The zero-order chi connectivity index (χ0) is 20.6. The van der Waals surface area contributed by atoms with Gasteiger partial charge in [0.15, 0.2) is 0 Å². The molecule has 0 aromatic heterocycles. The predicted molar refractivity (Wildman–Crippen MR) is 113 cm³/mol. The highest BCUT2D eigenvalue weighted by Crippen LogP contribution is 2.36. The van der Waals surface area contributed by atoms with Crippen molar-refractivity contribution in [3.63, 3.8) is 0 Å². The summed E-state index contributed by atoms with van der Waals surface area (Å²) in [6.45, 7) is 8.38. The molecule has 5 nitrogen and oxygen atoms in total. The van der Waals surface area contributed by atoms with Crippen LogP contribution in [0.25, 0.3) is 0 Å². The van der Waals surface area contributed by atoms with Crippen LogP contribution >= 0.6 is 11.6 Å². The zero-order valence-corrected chi connectivity index (χ0v) is 18.1. The Morgan fingerprint density at radius 3 is 2.18 bits per heavy atom. The Kier molecular flexibility index (Phi) is 5.95. The highest BCUT2D eigenvalue weighted by molar-refractivity contribution is 7.89. The van der Waals surface area contributed by atoms with E-state index in [2.05, 4.69) is 4.72 Å². The van der Waals surface area contributed by atoms with Crippen molar-refractivity contribution in [2.24, 2.45) is 0 Å². The monoisotopic (exact) mass is 421 g/mol. The van der Waals surface area contributed by atoms with Gasteiger partial charge in [-0.15, -0.1) is 0 Å². The largest absolute Gasteiger partial charge is 0.494 e. The molecule has 0 bridgehead atoms. The average Bonchev–Trinajstić information content (AvgIpc) is 2.83. The van der Waals surface area contributed by atoms with Crippen LogP contribution in [0.15, 0.2) is 53.4 Å². The molecule has 8 heteroatoms. The summed E-state index contributed by atoms with van der Waals surface area (Å²) >= 11 is 5.87. The number of benzene rings is 2. The van der Waals surface area contributed by atoms with Crippen molar-refractivity contribution in [3.05, 3.63) is 59.1 Å². The lowest BCUT2D eigenvalue weighted by Gasteiger charge is -2.32. The minimum atomic E-state index is -3.57. The molecule has 0 unspecified atom stereocenters. The third-order valence-electron chi connectivity index (χ3n) is 5.32. The summed E-state index contributed by atoms with van der Waals surface area (Å²) in [4.78, 5) is 0.163. The molecular formula is C20H25BClNO4S. The van der Waals surface area contributed by atoms with Crippen LogP contribution in [0.2, 0.25) is 5.02 Å². The minimum absolute atomic E-state index is 0.163. The van der Waals surface area contributed by atoms with E-state index in [1.165, 1.54) is 12.1 Å². The Balaban J connectivity index is 1.58. The highest BCUT2D eigenvalue weighted by atomic mass is 35.5. The normalized spacial score (nSPS) is 18.4. The van der Waals surface area contributed by atoms with E-state index in [0.29, 0.717) is 18.0 Å². The van der Waals surface area contributed by atoms with Crippen LogP contribution in [-0.4, -0.2) is 33.3 Å². The van der Waals surface area contributed by atoms with E-state index in [-0.39, 0.29) is 16.1 Å². The molecule has 0 atom stereocenters. The number of rotatable bonds is 6. The second kappa shape index (κ2) is 7.80. The maximum Gasteiger partial charge on any atom is 0.494 e. The Bertz CT molecular complexity index is 929. The van der Waals surface area contributed by atoms with Gasteiger partial charge in [0.2, 0.25) is 10.0 Å². The molecule has 1 heterocycles. The fraction of sp³-hybridized carbons (Fsp3) is 0.400. The molecule has 1 fully saturated rings. The van der Waals surface area contributed by atoms with Gasteiger partial charge in [-0.2, -0.15) is 0 Å². The lowest BCUT2D eigenvalue weighted by Crippen LogP contribution is -2.41. The maximum atomic E-state index is 12.3. The van der Waals surface area contributed by atoms with Crippen molar-refractivity contribution in [2.45, 2.75) is 50.2 Å². The van der Waals surface area contributed by atoms with E-state index in [0.717, 1.165) is 11.0 Å². The zero-order valence-electron chi connectivity index (χ0n) is 16.5. The van der Waals surface area contributed by atoms with Crippen molar-refractivity contribution in [2.75, 3.05) is 6.54 Å². The first-order chi connectivity index (χ1) is 13.0. The van der Waals surface area contributed by atoms with Gasteiger partial charge in [0.1, 0.15) is 0 Å². The van der Waals surface area contributed by atoms with Crippen molar-refractivity contribution in [1.82, 2.24) is 4.72 Å². The molecule has 150 valence electrons. The number of sulfonamides is 1. The highest BCUT2D eigenvalue weighted by Gasteiger charge is 2.51. The lowest BCUT2D eigenvalue weighted by atomic mass is 9.79. The molecule has 0 amide bonds. The number of hydrogen-bond donors (Lipinski definition) is 1. The maximum absolute atomic E-state index is 12.3. The van der Waals surface area contributed by atoms with Gasteiger partial charge < -0.3 is 9.31 Å². The van der Waals surface area contributed by atoms with Crippen LogP contribution in [0.5, 0.6) is 0 Å². The van der Waals surface area contributed by atoms with Crippen molar-refractivity contribution < 1.29 is 17.7 Å². The van der Waals surface area contributed by atoms with E-state index in [1.807, 2.05) is 52.0 Å². The van der Waals surface area contributed by atoms with Crippen LogP contribution in [0, 0.1) is 0 Å². The predicted octanol–water partition coefficient (Wildman–Crippen LogP) is 3.16. The smallest absolute Gasteiger partial charge is 0.399 e. The van der Waals surface area contributed by atoms with Gasteiger partial charge in [-0.05, 0) is 63.3 Å². The molecule has 0 radical (unpaired) electrons. The molecule has 0 saturated carbocycles. The number of halogens is 1. The van der Waals surface area contributed by atoms with Gasteiger partial charge in [-0.1, -0.05) is 41.9 Å². The Hall–Kier alpha value is -1.38. The van der Waals surface area contributed by atoms with Gasteiger partial charge in [0.05, 0.1) is 16.1 Å². The SMILES string of the molecule is CC1(C)OB(c2ccc(CCNS(=O)(=O)c3cccc(Cl)c3)cc2)OC1(C)C. The first-order valence-electron chi connectivity index (χ1n) is 9.20. The van der Waals surface area contributed by atoms with Gasteiger partial charge in [0.25, 0.3) is 0 Å². The third kappa shape index (κ3) is 4.61. The first kappa shape index (κ1) is 21.3. The average molecular weight is 422 g/mol. The van der Waals surface area contributed by atoms with Gasteiger partial charge >= 0.3 is 7.12 Å². The van der Waals surface area contributed by atoms with Gasteiger partial charge in [0, 0.05) is 11.6 Å². The second-order valence-corrected chi connectivity index (χ2v) is 10.1. The molecule has 0 spiro atoms. The summed E-state index contributed by atoms with van der Waals surface area (Å²) in [5.74, 6) is 0. The molecule has 3 rings (SSSR count). The molecule has 1 aliphatic heterocycles. The molecular weight excluding hydrogens is 397 g/mol. The standard InChI is InChI=1S/C20H25BClNO4S/c1-19(2)20(3,4)27-21(26-19)16-10-8-15(9-11-16)12-13-23-28(24,25)18-7-5-6-17(22)14-18/h5-11,14,23H,12-13H2,1-4H3. The van der Waals surface area contributed by atoms with Crippen molar-refractivity contribution in [1.29, 1.82) is 0 Å². The summed E-state index contributed by atoms with van der Waals surface area (Å²) in [7, 11) is -3.98. The minimum Gasteiger partial charge on any atom is -0.399 e. The quantitative estimate of drug-likeness (QED) is 0.728. The van der Waals surface area contributed by atoms with Crippen LogP contribution < -0.4 is 10.2 Å². The van der Waals surface area contributed by atoms with Crippen LogP contribution in [0.1, 0.15) is 33.3 Å². The van der Waals surface area contributed by atoms with Gasteiger partial charge in [-0.3, -0.25) is 0 Å². The van der Waals surface area contributed by atoms with Crippen LogP contribution in [-0.2, 0) is 25.8 Å². The Morgan fingerprint density at radius 2 is 1.61 bits per heavy atom. The number of nitrogens with one attached hydrogen (secondary N) is 1. The van der Waals surface area contributed by atoms with Gasteiger partial charge in [-0.25, -0.2) is 13.1 Å². The topological polar surface area (TPSA) is 64.6 Å². The summed E-state index contributed by atoms with van der Waals surface area (Å²) in [6, 6.07) is 14.1. The summed E-state index contributed by atoms with van der Waals surface area (Å²) in [5, 5.41) is 0.390. The first-order valence-corrected chi connectivity index (χ1v) is 11.1. The summed E-state index contributed by atoms with van der Waals surface area (Å²) in [6.07, 6.45) is 0.573. The fourth-order valence-corrected chi connectivity index (χ4v) is 4.20. The fourth-order valence-electron chi connectivity index (χ4n) is 2.87. The molecule has 1 saturated heterocycles. The molecule has 1 aliphatic rings. The van der Waals surface area contributed by atoms with Crippen LogP contribution in [0.3, 0.4) is 0 Å². The second-order valence-electron chi connectivity index (χ2n) is 7.93. The molecule has 0 aliphatic carbocycles. The van der Waals surface area contributed by atoms with Crippen LogP contribution in [0.4, 0.5) is 0 Å². The van der Waals surface area contributed by atoms with E-state index in [4.69, 9.17) is 20.9 Å². The Morgan fingerprint density at radius 1 is 1.00 bits per heavy atom. The lowest BCUT2D eigenvalue weighted by molar-refractivity contribution is 0.00578. The molecule has 28 heavy (non-hydrogen) atoms. The molecule has 1 N–H and O–H groups in total. The molecule has 2 aromatic carbocycles. The van der Waals surface area contributed by atoms with E-state index in [9.17, 15) is 8.42 Å². The summed E-state index contributed by atoms with van der Waals surface area (Å²) < 4.78 is 39.3. The van der Waals surface area contributed by atoms with Crippen molar-refractivity contribution in [3.8, 4) is 0 Å². The van der Waals surface area contributed by atoms with E-state index < -0.39 is 17.1 Å². The van der Waals surface area contributed by atoms with E-state index in [1.54, 1.807) is 12.1 Å². The van der Waals surface area contributed by atoms with Crippen molar-refractivity contribution >= 4 is 34.2 Å². The third-order valence-corrected chi connectivity index (χ3v) is 7.01. The van der Waals surface area contributed by atoms with E-state index >= 15 is 0 Å². The molecule has 2 aromatic rings.